The van der Waals surface area contributed by atoms with E-state index in [-0.39, 0.29) is 12.5 Å². The summed E-state index contributed by atoms with van der Waals surface area (Å²) in [4.78, 5) is 13.0. The van der Waals surface area contributed by atoms with Gasteiger partial charge in [0.1, 0.15) is 24.4 Å². The Labute approximate surface area is 415 Å². The molecule has 1 amide bonds. The quantitative estimate of drug-likeness (QED) is 0.0261. The van der Waals surface area contributed by atoms with Gasteiger partial charge < -0.3 is 40.3 Å². The summed E-state index contributed by atoms with van der Waals surface area (Å²) in [5.74, 6) is -0.172. The second-order valence-corrected chi connectivity index (χ2v) is 18.6. The van der Waals surface area contributed by atoms with Gasteiger partial charge in [-0.3, -0.25) is 4.79 Å². The van der Waals surface area contributed by atoms with Crippen LogP contribution in [0.3, 0.4) is 0 Å². The van der Waals surface area contributed by atoms with Crippen molar-refractivity contribution in [2.24, 2.45) is 0 Å². The number of aliphatic hydroxyl groups is 5. The van der Waals surface area contributed by atoms with Crippen molar-refractivity contribution in [3.8, 4) is 0 Å². The maximum absolute atomic E-state index is 13.0. The Kier molecular flexibility index (Phi) is 44.3. The monoisotopic (exact) mass is 952 g/mol. The van der Waals surface area contributed by atoms with Gasteiger partial charge in [-0.25, -0.2) is 0 Å². The van der Waals surface area contributed by atoms with Crippen molar-refractivity contribution in [1.82, 2.24) is 5.32 Å². The zero-order valence-electron chi connectivity index (χ0n) is 43.1. The Morgan fingerprint density at radius 1 is 0.515 bits per heavy atom. The molecule has 1 fully saturated rings. The second-order valence-electron chi connectivity index (χ2n) is 18.6. The smallest absolute Gasteiger partial charge is 0.220 e. The molecule has 68 heavy (non-hydrogen) atoms. The van der Waals surface area contributed by atoms with Crippen LogP contribution in [0.25, 0.3) is 0 Å². The molecule has 7 unspecified atom stereocenters. The van der Waals surface area contributed by atoms with Crippen LogP contribution in [0, 0.1) is 0 Å². The predicted octanol–water partition coefficient (Wildman–Crippen LogP) is 13.2. The van der Waals surface area contributed by atoms with E-state index in [0.717, 1.165) is 103 Å². The molecule has 9 nitrogen and oxygen atoms in total. The van der Waals surface area contributed by atoms with Gasteiger partial charge in [0.05, 0.1) is 25.4 Å². The van der Waals surface area contributed by atoms with Gasteiger partial charge in [-0.2, -0.15) is 0 Å². The van der Waals surface area contributed by atoms with Gasteiger partial charge in [-0.15, -0.1) is 0 Å². The first kappa shape index (κ1) is 63.1. The number of carbonyl (C=O) groups is 1. The molecule has 1 saturated heterocycles. The number of aliphatic hydroxyl groups excluding tert-OH is 5. The molecule has 0 aromatic heterocycles. The fraction of sp³-hybridized carbons (Fsp3) is 0.712. The molecular formula is C59H101NO8. The topological polar surface area (TPSA) is 149 Å². The Bertz CT molecular complexity index is 1380. The minimum atomic E-state index is -1.56. The Morgan fingerprint density at radius 3 is 1.35 bits per heavy atom. The van der Waals surface area contributed by atoms with Crippen molar-refractivity contribution < 1.29 is 39.8 Å². The Hall–Kier alpha value is -2.89. The highest BCUT2D eigenvalue weighted by Crippen LogP contribution is 2.23. The number of hydrogen-bond donors (Lipinski definition) is 6. The fourth-order valence-corrected chi connectivity index (χ4v) is 8.12. The van der Waals surface area contributed by atoms with Gasteiger partial charge in [-0.05, 0) is 77.0 Å². The van der Waals surface area contributed by atoms with E-state index >= 15 is 0 Å². The van der Waals surface area contributed by atoms with Crippen LogP contribution in [0.2, 0.25) is 0 Å². The summed E-state index contributed by atoms with van der Waals surface area (Å²) < 4.78 is 11.3. The SMILES string of the molecule is CC/C=C\C/C=C\C/C=C\C/C=C\C/C=C\C/C=C\C/C=C\C/C=C\CCCCCCC(=O)NC(COC1OC(CO)C(O)C(O)C1O)C(O)CCCCCCCCCCCCCCCCCC. The van der Waals surface area contributed by atoms with E-state index in [4.69, 9.17) is 9.47 Å². The van der Waals surface area contributed by atoms with E-state index < -0.39 is 49.5 Å². The molecule has 1 heterocycles. The van der Waals surface area contributed by atoms with E-state index in [1.54, 1.807) is 0 Å². The second kappa shape index (κ2) is 47.8. The van der Waals surface area contributed by atoms with Crippen LogP contribution >= 0.6 is 0 Å². The van der Waals surface area contributed by atoms with Crippen molar-refractivity contribution >= 4 is 5.91 Å². The third-order valence-corrected chi connectivity index (χ3v) is 12.5. The van der Waals surface area contributed by atoms with Crippen LogP contribution in [0.5, 0.6) is 0 Å². The molecule has 390 valence electrons. The van der Waals surface area contributed by atoms with E-state index in [2.05, 4.69) is 116 Å². The normalized spacial score (nSPS) is 20.4. The third-order valence-electron chi connectivity index (χ3n) is 12.5. The summed E-state index contributed by atoms with van der Waals surface area (Å²) in [5, 5.41) is 54.6. The van der Waals surface area contributed by atoms with Gasteiger partial charge in [0.15, 0.2) is 6.29 Å². The zero-order chi connectivity index (χ0) is 49.4. The van der Waals surface area contributed by atoms with Crippen molar-refractivity contribution in [2.75, 3.05) is 13.2 Å². The van der Waals surface area contributed by atoms with Crippen LogP contribution in [-0.4, -0.2) is 87.5 Å². The average molecular weight is 952 g/mol. The third kappa shape index (κ3) is 37.0. The molecule has 0 saturated carbocycles. The van der Waals surface area contributed by atoms with Crippen molar-refractivity contribution in [2.45, 2.75) is 256 Å². The van der Waals surface area contributed by atoms with E-state index in [0.29, 0.717) is 12.8 Å². The van der Waals surface area contributed by atoms with E-state index in [1.807, 2.05) is 0 Å². The highest BCUT2D eigenvalue weighted by Gasteiger charge is 2.44. The summed E-state index contributed by atoms with van der Waals surface area (Å²) in [7, 11) is 0. The molecule has 0 aliphatic carbocycles. The standard InChI is InChI=1S/C59H101NO8/c1-3-5-7-9-11-13-15-17-19-21-22-23-24-25-26-27-28-29-30-31-32-33-35-37-39-41-43-45-47-49-55(63)60-52(51-67-59-58(66)57(65)56(64)54(50-61)68-59)53(62)48-46-44-42-40-38-36-34-20-18-16-14-12-10-8-6-4-2/h5,7,11,13,17,19,22-23,25-26,28-29,31-32,35,37,52-54,56-59,61-62,64-66H,3-4,6,8-10,12,14-16,18,20-21,24,27,30,33-34,36,38-51H2,1-2H3,(H,60,63)/b7-5-,13-11-,19-17-,23-22-,26-25-,29-28-,32-31-,37-35-. The Balaban J connectivity index is 2.27. The van der Waals surface area contributed by atoms with Crippen LogP contribution < -0.4 is 5.32 Å². The predicted molar refractivity (Wildman–Crippen MR) is 285 cm³/mol. The highest BCUT2D eigenvalue weighted by atomic mass is 16.7. The summed E-state index contributed by atoms with van der Waals surface area (Å²) in [6.07, 6.45) is 61.3. The lowest BCUT2D eigenvalue weighted by atomic mass is 9.99. The molecule has 1 aliphatic heterocycles. The molecule has 7 atom stereocenters. The average Bonchev–Trinajstić information content (AvgIpc) is 3.34. The molecule has 1 rings (SSSR count). The van der Waals surface area contributed by atoms with Gasteiger partial charge >= 0.3 is 0 Å². The lowest BCUT2D eigenvalue weighted by Crippen LogP contribution is -2.60. The van der Waals surface area contributed by atoms with Gasteiger partial charge in [0, 0.05) is 6.42 Å². The van der Waals surface area contributed by atoms with Gasteiger partial charge in [0.2, 0.25) is 5.91 Å². The first-order valence-electron chi connectivity index (χ1n) is 27.4. The molecule has 0 radical (unpaired) electrons. The number of amides is 1. The van der Waals surface area contributed by atoms with Crippen molar-refractivity contribution in [1.29, 1.82) is 0 Å². The number of hydrogen-bond acceptors (Lipinski definition) is 8. The first-order valence-corrected chi connectivity index (χ1v) is 27.4. The van der Waals surface area contributed by atoms with Gasteiger partial charge in [-0.1, -0.05) is 227 Å². The van der Waals surface area contributed by atoms with Crippen molar-refractivity contribution in [3.63, 3.8) is 0 Å². The summed E-state index contributed by atoms with van der Waals surface area (Å²) in [5.41, 5.74) is 0. The molecular weight excluding hydrogens is 851 g/mol. The molecule has 0 spiro atoms. The molecule has 9 heteroatoms. The number of allylic oxidation sites excluding steroid dienone is 16. The van der Waals surface area contributed by atoms with Crippen LogP contribution in [-0.2, 0) is 14.3 Å². The fourth-order valence-electron chi connectivity index (χ4n) is 8.12. The summed E-state index contributed by atoms with van der Waals surface area (Å²) >= 11 is 0. The molecule has 0 bridgehead atoms. The molecule has 0 aromatic carbocycles. The molecule has 0 aromatic rings. The lowest BCUT2D eigenvalue weighted by Gasteiger charge is -2.40. The van der Waals surface area contributed by atoms with Crippen LogP contribution in [0.1, 0.15) is 213 Å². The minimum absolute atomic E-state index is 0.154. The summed E-state index contributed by atoms with van der Waals surface area (Å²) in [6.45, 7) is 3.70. The van der Waals surface area contributed by atoms with Crippen LogP contribution in [0.15, 0.2) is 97.2 Å². The maximum atomic E-state index is 13.0. The van der Waals surface area contributed by atoms with Gasteiger partial charge in [0.25, 0.3) is 0 Å². The number of carbonyl (C=O) groups excluding carboxylic acids is 1. The molecule has 1 aliphatic rings. The first-order chi connectivity index (χ1) is 33.3. The highest BCUT2D eigenvalue weighted by molar-refractivity contribution is 5.76. The number of unbranched alkanes of at least 4 members (excludes halogenated alkanes) is 19. The number of rotatable bonds is 45. The van der Waals surface area contributed by atoms with E-state index in [1.165, 1.54) is 83.5 Å². The number of nitrogens with one attached hydrogen (secondary N) is 1. The van der Waals surface area contributed by atoms with Crippen molar-refractivity contribution in [3.05, 3.63) is 97.2 Å². The maximum Gasteiger partial charge on any atom is 0.220 e. The molecule has 6 N–H and O–H groups in total. The largest absolute Gasteiger partial charge is 0.394 e. The van der Waals surface area contributed by atoms with Crippen LogP contribution in [0.4, 0.5) is 0 Å². The lowest BCUT2D eigenvalue weighted by molar-refractivity contribution is -0.302. The minimum Gasteiger partial charge on any atom is -0.394 e. The zero-order valence-corrected chi connectivity index (χ0v) is 43.1. The van der Waals surface area contributed by atoms with E-state index in [9.17, 15) is 30.3 Å². The Morgan fingerprint density at radius 2 is 0.912 bits per heavy atom. The summed E-state index contributed by atoms with van der Waals surface area (Å²) in [6, 6.07) is -0.740. The number of ether oxygens (including phenoxy) is 2.